The molecule has 1 N–H and O–H groups in total. The summed E-state index contributed by atoms with van der Waals surface area (Å²) in [6, 6.07) is 4.47. The fraction of sp³-hybridized carbons (Fsp3) is 0.533. The average molecular weight is 343 g/mol. The quantitative estimate of drug-likeness (QED) is 0.743. The van der Waals surface area contributed by atoms with Gasteiger partial charge in [0.05, 0.1) is 18.1 Å². The van der Waals surface area contributed by atoms with Crippen LogP contribution in [-0.4, -0.2) is 47.4 Å². The molecule has 1 fully saturated rings. The van der Waals surface area contributed by atoms with E-state index in [1.165, 1.54) is 25.3 Å². The van der Waals surface area contributed by atoms with Crippen LogP contribution in [0.15, 0.2) is 23.1 Å². The molecule has 1 aromatic carbocycles. The first-order valence-corrected chi connectivity index (χ1v) is 8.82. The highest BCUT2D eigenvalue weighted by atomic mass is 32.2. The minimum Gasteiger partial charge on any atom is -0.482 e. The Labute approximate surface area is 136 Å². The Kier molecular flexibility index (Phi) is 5.97. The summed E-state index contributed by atoms with van der Waals surface area (Å²) in [6.45, 7) is 2.44. The molecule has 0 radical (unpaired) electrons. The fourth-order valence-electron chi connectivity index (χ4n) is 2.24. The molecule has 128 valence electrons. The molecule has 0 aromatic heterocycles. The summed E-state index contributed by atoms with van der Waals surface area (Å²) in [5, 5.41) is 0. The van der Waals surface area contributed by atoms with Gasteiger partial charge in [0, 0.05) is 13.2 Å². The fourth-order valence-corrected chi connectivity index (χ4v) is 3.39. The molecule has 1 saturated heterocycles. The Bertz CT molecular complexity index is 652. The van der Waals surface area contributed by atoms with Crippen LogP contribution in [0.2, 0.25) is 0 Å². The van der Waals surface area contributed by atoms with E-state index < -0.39 is 16.0 Å². The zero-order valence-corrected chi connectivity index (χ0v) is 14.0. The van der Waals surface area contributed by atoms with Crippen LogP contribution in [0, 0.1) is 6.92 Å². The second kappa shape index (κ2) is 7.76. The summed E-state index contributed by atoms with van der Waals surface area (Å²) >= 11 is 0. The normalized spacial score (nSPS) is 17.9. The number of carbonyl (C=O) groups is 1. The monoisotopic (exact) mass is 343 g/mol. The van der Waals surface area contributed by atoms with Gasteiger partial charge in [-0.1, -0.05) is 0 Å². The van der Waals surface area contributed by atoms with Gasteiger partial charge >= 0.3 is 5.97 Å². The molecule has 1 aromatic rings. The zero-order chi connectivity index (χ0) is 16.9. The van der Waals surface area contributed by atoms with E-state index in [1.807, 2.05) is 0 Å². The van der Waals surface area contributed by atoms with Crippen molar-refractivity contribution in [3.05, 3.63) is 23.8 Å². The lowest BCUT2D eigenvalue weighted by molar-refractivity contribution is -0.142. The Balaban J connectivity index is 2.01. The van der Waals surface area contributed by atoms with E-state index in [2.05, 4.69) is 9.46 Å². The maximum absolute atomic E-state index is 12.3. The van der Waals surface area contributed by atoms with Crippen LogP contribution in [0.1, 0.15) is 18.4 Å². The Morgan fingerprint density at radius 3 is 2.83 bits per heavy atom. The molecular formula is C15H21NO6S. The van der Waals surface area contributed by atoms with Gasteiger partial charge in [-0.15, -0.1) is 0 Å². The predicted octanol–water partition coefficient (Wildman–Crippen LogP) is 1.00. The van der Waals surface area contributed by atoms with E-state index in [9.17, 15) is 13.2 Å². The van der Waals surface area contributed by atoms with Crippen molar-refractivity contribution < 1.29 is 27.4 Å². The first kappa shape index (κ1) is 17.7. The standard InChI is InChI=1S/C15H21NO6S/c1-11-8-13(5-6-14(11)22-10-15(17)20-2)23(18,19)16-9-12-4-3-7-21-12/h5-6,8,12,16H,3-4,7,9-10H2,1-2H3/t12-/m1/s1. The van der Waals surface area contributed by atoms with Crippen molar-refractivity contribution in [3.63, 3.8) is 0 Å². The number of rotatable bonds is 7. The van der Waals surface area contributed by atoms with Crippen molar-refractivity contribution in [1.82, 2.24) is 4.72 Å². The van der Waals surface area contributed by atoms with E-state index in [-0.39, 0.29) is 24.2 Å². The van der Waals surface area contributed by atoms with E-state index in [4.69, 9.17) is 9.47 Å². The number of benzene rings is 1. The summed E-state index contributed by atoms with van der Waals surface area (Å²) in [7, 11) is -2.33. The van der Waals surface area contributed by atoms with Crippen LogP contribution in [0.5, 0.6) is 5.75 Å². The van der Waals surface area contributed by atoms with Crippen molar-refractivity contribution in [1.29, 1.82) is 0 Å². The summed E-state index contributed by atoms with van der Waals surface area (Å²) in [4.78, 5) is 11.2. The lowest BCUT2D eigenvalue weighted by Crippen LogP contribution is -2.31. The Hall–Kier alpha value is -1.64. The second-order valence-corrected chi connectivity index (χ2v) is 7.05. The number of nitrogens with one attached hydrogen (secondary N) is 1. The number of esters is 1. The van der Waals surface area contributed by atoms with Crippen LogP contribution in [0.4, 0.5) is 0 Å². The Morgan fingerprint density at radius 1 is 1.43 bits per heavy atom. The largest absolute Gasteiger partial charge is 0.482 e. The van der Waals surface area contributed by atoms with Gasteiger partial charge in [-0.3, -0.25) is 0 Å². The summed E-state index contributed by atoms with van der Waals surface area (Å²) in [6.07, 6.45) is 1.76. The molecule has 8 heteroatoms. The van der Waals surface area contributed by atoms with Crippen LogP contribution in [-0.2, 0) is 24.3 Å². The van der Waals surface area contributed by atoms with Gasteiger partial charge in [0.2, 0.25) is 10.0 Å². The molecule has 23 heavy (non-hydrogen) atoms. The van der Waals surface area contributed by atoms with Crippen molar-refractivity contribution in [3.8, 4) is 5.75 Å². The summed E-state index contributed by atoms with van der Waals surface area (Å²) in [5.41, 5.74) is 0.619. The van der Waals surface area contributed by atoms with E-state index in [0.29, 0.717) is 17.9 Å². The number of hydrogen-bond donors (Lipinski definition) is 1. The van der Waals surface area contributed by atoms with E-state index in [1.54, 1.807) is 6.92 Å². The first-order valence-electron chi connectivity index (χ1n) is 7.34. The number of carbonyl (C=O) groups excluding carboxylic acids is 1. The van der Waals surface area contributed by atoms with E-state index in [0.717, 1.165) is 12.8 Å². The molecule has 0 saturated carbocycles. The van der Waals surface area contributed by atoms with Gasteiger partial charge < -0.3 is 14.2 Å². The minimum absolute atomic E-state index is 0.0615. The van der Waals surface area contributed by atoms with Crippen molar-refractivity contribution in [2.24, 2.45) is 0 Å². The Morgan fingerprint density at radius 2 is 2.22 bits per heavy atom. The average Bonchev–Trinajstić information content (AvgIpc) is 3.05. The molecule has 1 atom stereocenters. The number of sulfonamides is 1. The third-order valence-corrected chi connectivity index (χ3v) is 4.98. The number of hydrogen-bond acceptors (Lipinski definition) is 6. The summed E-state index contributed by atoms with van der Waals surface area (Å²) < 4.78 is 42.3. The lowest BCUT2D eigenvalue weighted by Gasteiger charge is -2.13. The molecule has 1 aliphatic rings. The van der Waals surface area contributed by atoms with Crippen molar-refractivity contribution >= 4 is 16.0 Å². The smallest absolute Gasteiger partial charge is 0.343 e. The maximum Gasteiger partial charge on any atom is 0.343 e. The second-order valence-electron chi connectivity index (χ2n) is 5.28. The topological polar surface area (TPSA) is 90.9 Å². The minimum atomic E-state index is -3.60. The van der Waals surface area contributed by atoms with Crippen molar-refractivity contribution in [2.75, 3.05) is 26.9 Å². The molecule has 0 spiro atoms. The molecule has 0 unspecified atom stereocenters. The van der Waals surface area contributed by atoms with Gasteiger partial charge in [-0.2, -0.15) is 0 Å². The molecule has 0 bridgehead atoms. The maximum atomic E-state index is 12.3. The van der Waals surface area contributed by atoms with Gasteiger partial charge in [0.25, 0.3) is 0 Å². The zero-order valence-electron chi connectivity index (χ0n) is 13.2. The summed E-state index contributed by atoms with van der Waals surface area (Å²) in [5.74, 6) is -0.0622. The highest BCUT2D eigenvalue weighted by molar-refractivity contribution is 7.89. The lowest BCUT2D eigenvalue weighted by atomic mass is 10.2. The third-order valence-electron chi connectivity index (χ3n) is 3.55. The van der Waals surface area contributed by atoms with Crippen LogP contribution >= 0.6 is 0 Å². The van der Waals surface area contributed by atoms with Gasteiger partial charge in [0.15, 0.2) is 6.61 Å². The SMILES string of the molecule is COC(=O)COc1ccc(S(=O)(=O)NC[C@H]2CCCO2)cc1C. The number of aryl methyl sites for hydroxylation is 1. The number of methoxy groups -OCH3 is 1. The van der Waals surface area contributed by atoms with Gasteiger partial charge in [-0.25, -0.2) is 17.9 Å². The van der Waals surface area contributed by atoms with Gasteiger partial charge in [0.1, 0.15) is 5.75 Å². The van der Waals surface area contributed by atoms with Crippen LogP contribution in [0.25, 0.3) is 0 Å². The molecular weight excluding hydrogens is 322 g/mol. The molecule has 2 rings (SSSR count). The number of ether oxygens (including phenoxy) is 3. The highest BCUT2D eigenvalue weighted by Crippen LogP contribution is 2.22. The highest BCUT2D eigenvalue weighted by Gasteiger charge is 2.20. The van der Waals surface area contributed by atoms with E-state index >= 15 is 0 Å². The van der Waals surface area contributed by atoms with Crippen LogP contribution in [0.3, 0.4) is 0 Å². The predicted molar refractivity (Wildman–Crippen MR) is 82.9 cm³/mol. The molecule has 7 nitrogen and oxygen atoms in total. The van der Waals surface area contributed by atoms with Crippen LogP contribution < -0.4 is 9.46 Å². The molecule has 1 heterocycles. The van der Waals surface area contributed by atoms with Crippen molar-refractivity contribution in [2.45, 2.75) is 30.8 Å². The molecule has 0 amide bonds. The molecule has 1 aliphatic heterocycles. The first-order chi connectivity index (χ1) is 10.9. The third kappa shape index (κ3) is 4.92. The van der Waals surface area contributed by atoms with Gasteiger partial charge in [-0.05, 0) is 43.5 Å². The molecule has 0 aliphatic carbocycles.